The van der Waals surface area contributed by atoms with Crippen molar-refractivity contribution >= 4 is 28.6 Å². The van der Waals surface area contributed by atoms with E-state index in [1.165, 1.54) is 0 Å². The van der Waals surface area contributed by atoms with E-state index in [4.69, 9.17) is 0 Å². The van der Waals surface area contributed by atoms with Gasteiger partial charge in [-0.15, -0.1) is 0 Å². The maximum absolute atomic E-state index is 12.7. The van der Waals surface area contributed by atoms with Crippen LogP contribution in [0.1, 0.15) is 46.7 Å². The fourth-order valence-electron chi connectivity index (χ4n) is 3.23. The Morgan fingerprint density at radius 2 is 1.58 bits per heavy atom. The Balaban J connectivity index is 1.66. The molecule has 0 fully saturated rings. The van der Waals surface area contributed by atoms with Crippen LogP contribution in [0.15, 0.2) is 60.7 Å². The quantitative estimate of drug-likeness (QED) is 0.536. The van der Waals surface area contributed by atoms with Gasteiger partial charge in [0.1, 0.15) is 11.7 Å². The van der Waals surface area contributed by atoms with E-state index in [9.17, 15) is 14.4 Å². The molecule has 0 saturated carbocycles. The number of hydrazine groups is 1. The summed E-state index contributed by atoms with van der Waals surface area (Å²) in [6, 6.07) is 17.2. The number of rotatable bonds is 6. The minimum Gasteiger partial charge on any atom is -0.340 e. The van der Waals surface area contributed by atoms with Gasteiger partial charge in [-0.25, -0.2) is 4.98 Å². The molecule has 3 amide bonds. The summed E-state index contributed by atoms with van der Waals surface area (Å²) >= 11 is 0. The fourth-order valence-corrected chi connectivity index (χ4v) is 3.23. The molecule has 7 nitrogen and oxygen atoms in total. The molecule has 3 aromatic rings. The highest BCUT2D eigenvalue weighted by Crippen LogP contribution is 2.12. The molecule has 160 valence electrons. The average Bonchev–Trinajstić information content (AvgIpc) is 2.76. The predicted octanol–water partition coefficient (Wildman–Crippen LogP) is 3.15. The molecular weight excluding hydrogens is 392 g/mol. The van der Waals surface area contributed by atoms with Crippen LogP contribution in [0.5, 0.6) is 0 Å². The molecular formula is C24H26N4O3. The second-order valence-corrected chi connectivity index (χ2v) is 7.80. The highest BCUT2D eigenvalue weighted by atomic mass is 16.2. The smallest absolute Gasteiger partial charge is 0.288 e. The Labute approximate surface area is 181 Å². The molecule has 0 aliphatic carbocycles. The topological polar surface area (TPSA) is 100 Å². The van der Waals surface area contributed by atoms with Crippen LogP contribution < -0.4 is 16.2 Å². The van der Waals surface area contributed by atoms with Gasteiger partial charge in [0, 0.05) is 10.9 Å². The number of aromatic nitrogens is 1. The minimum atomic E-state index is -0.794. The van der Waals surface area contributed by atoms with Crippen LogP contribution in [0.25, 0.3) is 10.9 Å². The van der Waals surface area contributed by atoms with Crippen LogP contribution in [-0.2, 0) is 4.79 Å². The summed E-state index contributed by atoms with van der Waals surface area (Å²) in [6.07, 6.45) is 0.424. The van der Waals surface area contributed by atoms with E-state index < -0.39 is 17.9 Å². The first-order valence-electron chi connectivity index (χ1n) is 10.2. The molecule has 1 heterocycles. The van der Waals surface area contributed by atoms with E-state index >= 15 is 0 Å². The monoisotopic (exact) mass is 418 g/mol. The van der Waals surface area contributed by atoms with Gasteiger partial charge in [0.05, 0.1) is 5.52 Å². The molecule has 1 atom stereocenters. The molecule has 1 aromatic heterocycles. The minimum absolute atomic E-state index is 0.158. The third-order valence-corrected chi connectivity index (χ3v) is 4.85. The molecule has 0 radical (unpaired) electrons. The van der Waals surface area contributed by atoms with Gasteiger partial charge >= 0.3 is 0 Å². The first kappa shape index (κ1) is 22.0. The van der Waals surface area contributed by atoms with Crippen LogP contribution in [-0.4, -0.2) is 28.7 Å². The molecule has 0 bridgehead atoms. The van der Waals surface area contributed by atoms with Crippen molar-refractivity contribution in [3.8, 4) is 0 Å². The van der Waals surface area contributed by atoms with Gasteiger partial charge in [0.15, 0.2) is 0 Å². The molecule has 0 aliphatic heterocycles. The third kappa shape index (κ3) is 5.66. The van der Waals surface area contributed by atoms with Crippen molar-refractivity contribution in [2.75, 3.05) is 0 Å². The number of carbonyl (C=O) groups is 3. The first-order valence-corrected chi connectivity index (χ1v) is 10.2. The van der Waals surface area contributed by atoms with Gasteiger partial charge in [0.2, 0.25) is 0 Å². The second kappa shape index (κ2) is 9.84. The lowest BCUT2D eigenvalue weighted by Crippen LogP contribution is -2.52. The van der Waals surface area contributed by atoms with Gasteiger partial charge in [-0.2, -0.15) is 0 Å². The largest absolute Gasteiger partial charge is 0.340 e. The molecule has 0 saturated heterocycles. The van der Waals surface area contributed by atoms with E-state index in [0.29, 0.717) is 17.5 Å². The SMILES string of the molecule is Cc1ccccc1C(=O)NC(CC(C)C)C(=O)NNC(=O)c1ccc2ccccc2n1. The molecule has 3 N–H and O–H groups in total. The second-order valence-electron chi connectivity index (χ2n) is 7.80. The summed E-state index contributed by atoms with van der Waals surface area (Å²) in [5, 5.41) is 3.69. The number of hydrogen-bond acceptors (Lipinski definition) is 4. The number of aryl methyl sites for hydroxylation is 1. The lowest BCUT2D eigenvalue weighted by molar-refractivity contribution is -0.124. The molecule has 31 heavy (non-hydrogen) atoms. The van der Waals surface area contributed by atoms with E-state index in [2.05, 4.69) is 21.2 Å². The van der Waals surface area contributed by atoms with Crippen molar-refractivity contribution < 1.29 is 14.4 Å². The summed E-state index contributed by atoms with van der Waals surface area (Å²) in [5.74, 6) is -1.20. The summed E-state index contributed by atoms with van der Waals surface area (Å²) in [6.45, 7) is 5.75. The van der Waals surface area contributed by atoms with E-state index in [1.54, 1.807) is 24.3 Å². The molecule has 0 spiro atoms. The third-order valence-electron chi connectivity index (χ3n) is 4.85. The number of amides is 3. The maximum atomic E-state index is 12.7. The molecule has 2 aromatic carbocycles. The molecule has 1 unspecified atom stereocenters. The number of benzene rings is 2. The van der Waals surface area contributed by atoms with Gasteiger partial charge in [-0.05, 0) is 43.0 Å². The maximum Gasteiger partial charge on any atom is 0.288 e. The van der Waals surface area contributed by atoms with Crippen LogP contribution >= 0.6 is 0 Å². The molecule has 3 rings (SSSR count). The first-order chi connectivity index (χ1) is 14.8. The van der Waals surface area contributed by atoms with Crippen molar-refractivity contribution in [3.63, 3.8) is 0 Å². The standard InChI is InChI=1S/C24H26N4O3/c1-15(2)14-21(26-22(29)18-10-6-4-8-16(18)3)24(31)28-27-23(30)20-13-12-17-9-5-7-11-19(17)25-20/h4-13,15,21H,14H2,1-3H3,(H,26,29)(H,27,30)(H,28,31). The number of pyridine rings is 1. The summed E-state index contributed by atoms with van der Waals surface area (Å²) < 4.78 is 0. The Morgan fingerprint density at radius 3 is 2.32 bits per heavy atom. The van der Waals surface area contributed by atoms with Crippen molar-refractivity contribution in [1.29, 1.82) is 0 Å². The van der Waals surface area contributed by atoms with E-state index in [0.717, 1.165) is 10.9 Å². The molecule has 0 aliphatic rings. The Morgan fingerprint density at radius 1 is 0.871 bits per heavy atom. The highest BCUT2D eigenvalue weighted by Gasteiger charge is 2.24. The molecule has 7 heteroatoms. The van der Waals surface area contributed by atoms with Crippen LogP contribution in [0.4, 0.5) is 0 Å². The Bertz CT molecular complexity index is 1110. The Hall–Kier alpha value is -3.74. The van der Waals surface area contributed by atoms with Gasteiger partial charge in [0.25, 0.3) is 17.7 Å². The Kier molecular flexibility index (Phi) is 6.97. The van der Waals surface area contributed by atoms with E-state index in [1.807, 2.05) is 57.2 Å². The van der Waals surface area contributed by atoms with Crippen molar-refractivity contribution in [1.82, 2.24) is 21.2 Å². The van der Waals surface area contributed by atoms with E-state index in [-0.39, 0.29) is 17.5 Å². The number of nitrogens with zero attached hydrogens (tertiary/aromatic N) is 1. The van der Waals surface area contributed by atoms with Gasteiger partial charge in [-0.1, -0.05) is 56.3 Å². The lowest BCUT2D eigenvalue weighted by Gasteiger charge is -2.21. The van der Waals surface area contributed by atoms with Gasteiger partial charge < -0.3 is 5.32 Å². The zero-order chi connectivity index (χ0) is 22.4. The van der Waals surface area contributed by atoms with Gasteiger partial charge in [-0.3, -0.25) is 25.2 Å². The average molecular weight is 418 g/mol. The highest BCUT2D eigenvalue weighted by molar-refractivity contribution is 5.99. The summed E-state index contributed by atoms with van der Waals surface area (Å²) in [7, 11) is 0. The number of hydrogen-bond donors (Lipinski definition) is 3. The van der Waals surface area contributed by atoms with Crippen molar-refractivity contribution in [3.05, 3.63) is 77.5 Å². The predicted molar refractivity (Wildman–Crippen MR) is 119 cm³/mol. The zero-order valence-corrected chi connectivity index (χ0v) is 17.8. The fraction of sp³-hybridized carbons (Fsp3) is 0.250. The van der Waals surface area contributed by atoms with Crippen LogP contribution in [0, 0.1) is 12.8 Å². The number of para-hydroxylation sites is 1. The van der Waals surface area contributed by atoms with Crippen LogP contribution in [0.2, 0.25) is 0 Å². The number of fused-ring (bicyclic) bond motifs is 1. The lowest BCUT2D eigenvalue weighted by atomic mass is 10.0. The number of nitrogens with one attached hydrogen (secondary N) is 3. The van der Waals surface area contributed by atoms with Crippen molar-refractivity contribution in [2.24, 2.45) is 5.92 Å². The zero-order valence-electron chi connectivity index (χ0n) is 17.8. The number of carbonyl (C=O) groups excluding carboxylic acids is 3. The summed E-state index contributed by atoms with van der Waals surface area (Å²) in [5.41, 5.74) is 7.00. The van der Waals surface area contributed by atoms with Crippen LogP contribution in [0.3, 0.4) is 0 Å². The summed E-state index contributed by atoms with van der Waals surface area (Å²) in [4.78, 5) is 42.1. The normalized spacial score (nSPS) is 11.7. The van der Waals surface area contributed by atoms with Crippen molar-refractivity contribution in [2.45, 2.75) is 33.2 Å².